The van der Waals surface area contributed by atoms with Crippen molar-refractivity contribution in [3.05, 3.63) is 96.1 Å². The Labute approximate surface area is 207 Å². The van der Waals surface area contributed by atoms with Gasteiger partial charge in [-0.15, -0.1) is 0 Å². The second kappa shape index (κ2) is 13.6. The molecule has 0 fully saturated rings. The van der Waals surface area contributed by atoms with Crippen molar-refractivity contribution in [2.24, 2.45) is 0 Å². The average Bonchev–Trinajstić information content (AvgIpc) is 2.89. The van der Waals surface area contributed by atoms with Crippen LogP contribution >= 0.6 is 0 Å². The van der Waals surface area contributed by atoms with E-state index in [0.29, 0.717) is 25.4 Å². The molecule has 0 aliphatic rings. The molecule has 0 bridgehead atoms. The molecule has 0 aliphatic carbocycles. The molecule has 0 saturated carbocycles. The summed E-state index contributed by atoms with van der Waals surface area (Å²) in [5.74, 6) is 1.30. The molecular formula is C30H31NO4. The number of ether oxygens (including phenoxy) is 3. The Morgan fingerprint density at radius 1 is 0.886 bits per heavy atom. The van der Waals surface area contributed by atoms with Crippen molar-refractivity contribution < 1.29 is 19.0 Å². The van der Waals surface area contributed by atoms with Crippen molar-refractivity contribution in [3.63, 3.8) is 0 Å². The number of rotatable bonds is 13. The largest absolute Gasteiger partial charge is 0.494 e. The van der Waals surface area contributed by atoms with Gasteiger partial charge in [-0.05, 0) is 91.3 Å². The molecule has 0 spiro atoms. The predicted molar refractivity (Wildman–Crippen MR) is 137 cm³/mol. The fourth-order valence-corrected chi connectivity index (χ4v) is 3.60. The van der Waals surface area contributed by atoms with Gasteiger partial charge in [-0.1, -0.05) is 36.9 Å². The normalized spacial score (nSPS) is 10.3. The van der Waals surface area contributed by atoms with Crippen LogP contribution in [0.25, 0.3) is 11.1 Å². The third-order valence-electron chi connectivity index (χ3n) is 5.57. The molecule has 0 atom stereocenters. The van der Waals surface area contributed by atoms with Gasteiger partial charge in [0.25, 0.3) is 0 Å². The monoisotopic (exact) mass is 469 g/mol. The number of aryl methyl sites for hydroxylation is 1. The zero-order valence-electron chi connectivity index (χ0n) is 20.2. The summed E-state index contributed by atoms with van der Waals surface area (Å²) >= 11 is 0. The van der Waals surface area contributed by atoms with Gasteiger partial charge in [-0.2, -0.15) is 5.26 Å². The van der Waals surface area contributed by atoms with E-state index in [1.807, 2.05) is 60.7 Å². The number of carbonyl (C=O) groups excluding carboxylic acids is 1. The van der Waals surface area contributed by atoms with E-state index in [9.17, 15) is 4.79 Å². The van der Waals surface area contributed by atoms with Crippen LogP contribution < -0.4 is 9.47 Å². The van der Waals surface area contributed by atoms with Crippen molar-refractivity contribution in [1.82, 2.24) is 0 Å². The molecule has 0 heterocycles. The highest BCUT2D eigenvalue weighted by Crippen LogP contribution is 2.27. The van der Waals surface area contributed by atoms with Gasteiger partial charge >= 0.3 is 5.97 Å². The predicted octanol–water partition coefficient (Wildman–Crippen LogP) is 6.78. The molecule has 0 amide bonds. The quantitative estimate of drug-likeness (QED) is 0.157. The number of nitriles is 1. The van der Waals surface area contributed by atoms with Gasteiger partial charge in [0.15, 0.2) is 0 Å². The topological polar surface area (TPSA) is 68.6 Å². The summed E-state index contributed by atoms with van der Waals surface area (Å²) < 4.78 is 16.8. The van der Waals surface area contributed by atoms with Crippen LogP contribution in [0.1, 0.15) is 42.4 Å². The lowest BCUT2D eigenvalue weighted by molar-refractivity contribution is -0.137. The fourth-order valence-electron chi connectivity index (χ4n) is 3.60. The van der Waals surface area contributed by atoms with Crippen molar-refractivity contribution in [2.75, 3.05) is 13.2 Å². The highest BCUT2D eigenvalue weighted by atomic mass is 16.5. The van der Waals surface area contributed by atoms with Gasteiger partial charge in [-0.25, -0.2) is 4.79 Å². The van der Waals surface area contributed by atoms with E-state index < -0.39 is 0 Å². The molecule has 3 aromatic carbocycles. The van der Waals surface area contributed by atoms with Gasteiger partial charge in [-0.3, -0.25) is 0 Å². The first-order valence-electron chi connectivity index (χ1n) is 11.8. The number of unbranched alkanes of at least 4 members (excludes halogenated alkanes) is 3. The molecule has 180 valence electrons. The van der Waals surface area contributed by atoms with E-state index in [1.54, 1.807) is 0 Å². The Hall–Kier alpha value is -4.04. The number of benzene rings is 3. The lowest BCUT2D eigenvalue weighted by atomic mass is 9.99. The minimum Gasteiger partial charge on any atom is -0.494 e. The van der Waals surface area contributed by atoms with Crippen LogP contribution in [-0.4, -0.2) is 19.2 Å². The van der Waals surface area contributed by atoms with Crippen molar-refractivity contribution in [1.29, 1.82) is 5.26 Å². The Balaban J connectivity index is 1.38. The van der Waals surface area contributed by atoms with Gasteiger partial charge < -0.3 is 14.2 Å². The number of esters is 1. The molecule has 0 aromatic heterocycles. The van der Waals surface area contributed by atoms with E-state index in [0.717, 1.165) is 59.4 Å². The van der Waals surface area contributed by atoms with E-state index in [4.69, 9.17) is 19.5 Å². The lowest BCUT2D eigenvalue weighted by Crippen LogP contribution is -2.02. The maximum absolute atomic E-state index is 11.0. The zero-order valence-corrected chi connectivity index (χ0v) is 20.2. The molecule has 3 rings (SSSR count). The van der Waals surface area contributed by atoms with Crippen LogP contribution in [-0.2, 0) is 16.1 Å². The van der Waals surface area contributed by atoms with Gasteiger partial charge in [0, 0.05) is 6.08 Å². The molecule has 0 unspecified atom stereocenters. The van der Waals surface area contributed by atoms with E-state index in [1.165, 1.54) is 6.08 Å². The molecular weight excluding hydrogens is 438 g/mol. The van der Waals surface area contributed by atoms with Crippen LogP contribution in [0.4, 0.5) is 0 Å². The number of carbonyl (C=O) groups is 1. The average molecular weight is 470 g/mol. The molecule has 5 nitrogen and oxygen atoms in total. The number of hydrogen-bond acceptors (Lipinski definition) is 5. The van der Waals surface area contributed by atoms with Gasteiger partial charge in [0.05, 0.1) is 24.8 Å². The van der Waals surface area contributed by atoms with Crippen LogP contribution in [0.5, 0.6) is 11.5 Å². The first kappa shape index (κ1) is 25.6. The van der Waals surface area contributed by atoms with Crippen LogP contribution in [0.15, 0.2) is 79.4 Å². The lowest BCUT2D eigenvalue weighted by Gasteiger charge is -2.11. The smallest absolute Gasteiger partial charge is 0.330 e. The van der Waals surface area contributed by atoms with Crippen molar-refractivity contribution in [2.45, 2.75) is 39.2 Å². The minimum absolute atomic E-state index is 0.366. The van der Waals surface area contributed by atoms with Crippen molar-refractivity contribution in [3.8, 4) is 28.7 Å². The Bertz CT molecular complexity index is 1140. The number of nitrogens with zero attached hydrogens (tertiary/aromatic N) is 1. The van der Waals surface area contributed by atoms with Gasteiger partial charge in [0.2, 0.25) is 0 Å². The standard InChI is InChI=1S/C30H31NO4/c1-3-30(32)34-19-7-5-4-6-18-33-27-14-10-25(11-15-27)22-35-28-16-17-29(23(2)20-28)26-12-8-24(21-31)9-13-26/h3,8-17,20H,1,4-7,18-19,22H2,2H3. The molecule has 5 heteroatoms. The third-order valence-corrected chi connectivity index (χ3v) is 5.57. The minimum atomic E-state index is -0.366. The third kappa shape index (κ3) is 8.35. The maximum atomic E-state index is 11.0. The molecule has 3 aromatic rings. The number of hydrogen-bond donors (Lipinski definition) is 0. The summed E-state index contributed by atoms with van der Waals surface area (Å²) in [6.45, 7) is 7.01. The SMILES string of the molecule is C=CC(=O)OCCCCCCOc1ccc(COc2ccc(-c3ccc(C#N)cc3)c(C)c2)cc1. The zero-order chi connectivity index (χ0) is 24.9. The molecule has 0 radical (unpaired) electrons. The summed E-state index contributed by atoms with van der Waals surface area (Å²) in [5, 5.41) is 8.97. The molecule has 0 saturated heterocycles. The van der Waals surface area contributed by atoms with E-state index in [-0.39, 0.29) is 5.97 Å². The molecule has 0 aliphatic heterocycles. The Morgan fingerprint density at radius 3 is 2.23 bits per heavy atom. The van der Waals surface area contributed by atoms with Crippen molar-refractivity contribution >= 4 is 5.97 Å². The maximum Gasteiger partial charge on any atom is 0.330 e. The summed E-state index contributed by atoms with van der Waals surface area (Å²) in [4.78, 5) is 11.0. The fraction of sp³-hybridized carbons (Fsp3) is 0.267. The first-order chi connectivity index (χ1) is 17.1. The highest BCUT2D eigenvalue weighted by molar-refractivity contribution is 5.81. The highest BCUT2D eigenvalue weighted by Gasteiger charge is 2.05. The van der Waals surface area contributed by atoms with Crippen LogP contribution in [0.3, 0.4) is 0 Å². The Kier molecular flexibility index (Phi) is 9.95. The van der Waals surface area contributed by atoms with Crippen LogP contribution in [0, 0.1) is 18.3 Å². The van der Waals surface area contributed by atoms with E-state index in [2.05, 4.69) is 25.6 Å². The summed E-state index contributed by atoms with van der Waals surface area (Å²) in [7, 11) is 0. The summed E-state index contributed by atoms with van der Waals surface area (Å²) in [6.07, 6.45) is 5.02. The summed E-state index contributed by atoms with van der Waals surface area (Å²) in [5.41, 5.74) is 5.05. The summed E-state index contributed by atoms with van der Waals surface area (Å²) in [6, 6.07) is 23.8. The second-order valence-corrected chi connectivity index (χ2v) is 8.23. The Morgan fingerprint density at radius 2 is 1.57 bits per heavy atom. The molecule has 0 N–H and O–H groups in total. The second-order valence-electron chi connectivity index (χ2n) is 8.23. The molecule has 35 heavy (non-hydrogen) atoms. The first-order valence-corrected chi connectivity index (χ1v) is 11.8. The van der Waals surface area contributed by atoms with Gasteiger partial charge in [0.1, 0.15) is 18.1 Å². The van der Waals surface area contributed by atoms with E-state index >= 15 is 0 Å². The van der Waals surface area contributed by atoms with Crippen LogP contribution in [0.2, 0.25) is 0 Å².